The highest BCUT2D eigenvalue weighted by molar-refractivity contribution is 5.69. The number of hydrogen-bond acceptors (Lipinski definition) is 2. The molecule has 4 nitrogen and oxygen atoms in total. The van der Waals surface area contributed by atoms with Gasteiger partial charge in [-0.2, -0.15) is 0 Å². The van der Waals surface area contributed by atoms with Crippen molar-refractivity contribution >= 4 is 12.2 Å². The maximum atomic E-state index is 9.29. The van der Waals surface area contributed by atoms with Gasteiger partial charge in [-0.15, -0.1) is 0 Å². The Morgan fingerprint density at radius 1 is 0.870 bits per heavy atom. The highest BCUT2D eigenvalue weighted by Crippen LogP contribution is 2.22. The average molecular weight is 302 g/mol. The van der Waals surface area contributed by atoms with Gasteiger partial charge in [-0.25, -0.2) is 0 Å². The lowest BCUT2D eigenvalue weighted by molar-refractivity contribution is 0.415. The van der Waals surface area contributed by atoms with Gasteiger partial charge in [0, 0.05) is 0 Å². The predicted octanol–water partition coefficient (Wildman–Crippen LogP) is 4.62. The second-order valence-corrected chi connectivity index (χ2v) is 4.65. The van der Waals surface area contributed by atoms with Gasteiger partial charge in [0.15, 0.2) is 11.4 Å². The molecule has 0 amide bonds. The van der Waals surface area contributed by atoms with Crippen LogP contribution in [0, 0.1) is 13.1 Å². The van der Waals surface area contributed by atoms with E-state index in [1.165, 1.54) is 12.1 Å². The minimum absolute atomic E-state index is 0.158. The SMILES string of the molecule is [C-]#[N+]C(=C/c1ccc(O)cc1)/C(=C\c1ccc(OC)cc1)[N+]#[C-]. The lowest BCUT2D eigenvalue weighted by atomic mass is 10.1. The summed E-state index contributed by atoms with van der Waals surface area (Å²) in [5, 5.41) is 9.29. The first kappa shape index (κ1) is 15.9. The molecule has 0 aromatic heterocycles. The van der Waals surface area contributed by atoms with Crippen molar-refractivity contribution in [2.45, 2.75) is 0 Å². The molecular weight excluding hydrogens is 288 g/mol. The largest absolute Gasteiger partial charge is 0.508 e. The summed E-state index contributed by atoms with van der Waals surface area (Å²) in [7, 11) is 1.59. The van der Waals surface area contributed by atoms with Crippen molar-refractivity contribution < 1.29 is 9.84 Å². The van der Waals surface area contributed by atoms with Crippen molar-refractivity contribution in [3.05, 3.63) is 93.9 Å². The third-order valence-corrected chi connectivity index (χ3v) is 3.12. The van der Waals surface area contributed by atoms with E-state index in [9.17, 15) is 5.11 Å². The number of aromatic hydroxyl groups is 1. The zero-order valence-corrected chi connectivity index (χ0v) is 12.5. The van der Waals surface area contributed by atoms with E-state index in [1.807, 2.05) is 12.1 Å². The fourth-order valence-corrected chi connectivity index (χ4v) is 1.91. The standard InChI is InChI=1S/C19H14N2O2/c1-20-18(12-14-4-8-16(22)9-5-14)19(21-2)13-15-6-10-17(23-3)11-7-15/h4-13,22H,3H3/b18-12+,19-13+. The minimum atomic E-state index is 0.158. The van der Waals surface area contributed by atoms with Gasteiger partial charge in [0.2, 0.25) is 0 Å². The molecule has 2 rings (SSSR count). The van der Waals surface area contributed by atoms with Gasteiger partial charge in [-0.3, -0.25) is 9.69 Å². The van der Waals surface area contributed by atoms with Crippen LogP contribution >= 0.6 is 0 Å². The maximum Gasteiger partial charge on any atom is 0.195 e. The summed E-state index contributed by atoms with van der Waals surface area (Å²) in [4.78, 5) is 6.91. The van der Waals surface area contributed by atoms with Crippen LogP contribution in [0.5, 0.6) is 11.5 Å². The predicted molar refractivity (Wildman–Crippen MR) is 90.3 cm³/mol. The topological polar surface area (TPSA) is 38.2 Å². The van der Waals surface area contributed by atoms with Gasteiger partial charge in [-0.05, 0) is 35.4 Å². The molecule has 0 radical (unpaired) electrons. The van der Waals surface area contributed by atoms with E-state index in [1.54, 1.807) is 43.5 Å². The molecule has 0 saturated heterocycles. The zero-order chi connectivity index (χ0) is 16.7. The number of benzene rings is 2. The van der Waals surface area contributed by atoms with Crippen LogP contribution in [-0.4, -0.2) is 12.2 Å². The second kappa shape index (κ2) is 7.49. The molecule has 0 bridgehead atoms. The fourth-order valence-electron chi connectivity index (χ4n) is 1.91. The molecule has 1 N–H and O–H groups in total. The Morgan fingerprint density at radius 3 is 1.70 bits per heavy atom. The van der Waals surface area contributed by atoms with Gasteiger partial charge in [0.05, 0.1) is 20.3 Å². The third kappa shape index (κ3) is 4.23. The van der Waals surface area contributed by atoms with Gasteiger partial charge in [0.25, 0.3) is 0 Å². The van der Waals surface area contributed by atoms with E-state index in [0.717, 1.165) is 16.9 Å². The van der Waals surface area contributed by atoms with Crippen molar-refractivity contribution in [1.82, 2.24) is 0 Å². The molecule has 0 aliphatic heterocycles. The summed E-state index contributed by atoms with van der Waals surface area (Å²) in [5.41, 5.74) is 2.08. The quantitative estimate of drug-likeness (QED) is 0.661. The van der Waals surface area contributed by atoms with Crippen LogP contribution in [0.15, 0.2) is 59.9 Å². The monoisotopic (exact) mass is 302 g/mol. The molecule has 0 unspecified atom stereocenters. The zero-order valence-electron chi connectivity index (χ0n) is 12.5. The van der Waals surface area contributed by atoms with Crippen LogP contribution in [0.25, 0.3) is 21.8 Å². The first-order valence-electron chi connectivity index (χ1n) is 6.78. The van der Waals surface area contributed by atoms with Crippen LogP contribution in [0.3, 0.4) is 0 Å². The Kier molecular flexibility index (Phi) is 5.17. The first-order valence-corrected chi connectivity index (χ1v) is 6.78. The molecule has 0 atom stereocenters. The lowest BCUT2D eigenvalue weighted by Crippen LogP contribution is -1.84. The van der Waals surface area contributed by atoms with E-state index in [2.05, 4.69) is 9.69 Å². The Balaban J connectivity index is 2.36. The number of nitrogens with zero attached hydrogens (tertiary/aromatic N) is 2. The maximum absolute atomic E-state index is 9.29. The fraction of sp³-hybridized carbons (Fsp3) is 0.0526. The van der Waals surface area contributed by atoms with E-state index in [0.29, 0.717) is 0 Å². The Hall–Kier alpha value is -3.50. The van der Waals surface area contributed by atoms with Crippen molar-refractivity contribution in [2.75, 3.05) is 7.11 Å². The molecule has 23 heavy (non-hydrogen) atoms. The molecular formula is C19H14N2O2. The lowest BCUT2D eigenvalue weighted by Gasteiger charge is -2.01. The van der Waals surface area contributed by atoms with Gasteiger partial charge in [0.1, 0.15) is 11.5 Å². The molecule has 0 heterocycles. The van der Waals surface area contributed by atoms with Crippen molar-refractivity contribution in [3.8, 4) is 11.5 Å². The van der Waals surface area contributed by atoms with E-state index in [4.69, 9.17) is 17.9 Å². The van der Waals surface area contributed by atoms with Gasteiger partial charge >= 0.3 is 0 Å². The van der Waals surface area contributed by atoms with Crippen molar-refractivity contribution in [3.63, 3.8) is 0 Å². The third-order valence-electron chi connectivity index (χ3n) is 3.12. The molecule has 2 aromatic rings. The highest BCUT2D eigenvalue weighted by Gasteiger charge is 2.06. The van der Waals surface area contributed by atoms with E-state index < -0.39 is 0 Å². The first-order chi connectivity index (χ1) is 11.2. The summed E-state index contributed by atoms with van der Waals surface area (Å²) >= 11 is 0. The highest BCUT2D eigenvalue weighted by atomic mass is 16.5. The summed E-state index contributed by atoms with van der Waals surface area (Å²) in [6, 6.07) is 13.7. The number of ether oxygens (including phenoxy) is 1. The molecule has 0 spiro atoms. The van der Waals surface area contributed by atoms with Crippen LogP contribution in [0.4, 0.5) is 0 Å². The van der Waals surface area contributed by atoms with E-state index in [-0.39, 0.29) is 17.1 Å². The molecule has 0 fully saturated rings. The number of phenolic OH excluding ortho intramolecular Hbond substituents is 1. The smallest absolute Gasteiger partial charge is 0.195 e. The van der Waals surface area contributed by atoms with Crippen molar-refractivity contribution in [2.24, 2.45) is 0 Å². The van der Waals surface area contributed by atoms with E-state index >= 15 is 0 Å². The van der Waals surface area contributed by atoms with Gasteiger partial charge < -0.3 is 9.84 Å². The normalized spacial score (nSPS) is 11.4. The summed E-state index contributed by atoms with van der Waals surface area (Å²) in [6.07, 6.45) is 3.29. The number of phenols is 1. The van der Waals surface area contributed by atoms with Crippen LogP contribution < -0.4 is 4.74 Å². The number of hydrogen-bond donors (Lipinski definition) is 1. The molecule has 4 heteroatoms. The molecule has 2 aromatic carbocycles. The van der Waals surface area contributed by atoms with Crippen LogP contribution in [0.1, 0.15) is 11.1 Å². The van der Waals surface area contributed by atoms with Crippen LogP contribution in [-0.2, 0) is 0 Å². The Labute approximate surface area is 135 Å². The summed E-state index contributed by atoms with van der Waals surface area (Å²) in [6.45, 7) is 14.6. The molecule has 0 aliphatic rings. The summed E-state index contributed by atoms with van der Waals surface area (Å²) < 4.78 is 5.10. The van der Waals surface area contributed by atoms with Crippen LogP contribution in [0.2, 0.25) is 0 Å². The molecule has 112 valence electrons. The average Bonchev–Trinajstić information content (AvgIpc) is 2.60. The summed E-state index contributed by atoms with van der Waals surface area (Å²) in [5.74, 6) is 0.891. The second-order valence-electron chi connectivity index (χ2n) is 4.65. The van der Waals surface area contributed by atoms with Crippen molar-refractivity contribution in [1.29, 1.82) is 0 Å². The molecule has 0 saturated carbocycles. The number of rotatable bonds is 4. The number of methoxy groups -OCH3 is 1. The van der Waals surface area contributed by atoms with Gasteiger partial charge in [-0.1, -0.05) is 36.4 Å². The Bertz CT molecular complexity index is 818. The Morgan fingerprint density at radius 2 is 1.30 bits per heavy atom. The minimum Gasteiger partial charge on any atom is -0.508 e. The molecule has 0 aliphatic carbocycles.